The molecule has 4 atom stereocenters. The Morgan fingerprint density at radius 1 is 1.11 bits per heavy atom. The first-order chi connectivity index (χ1) is 8.79. The second-order valence-electron chi connectivity index (χ2n) is 6.07. The molecule has 3 heterocycles. The van der Waals surface area contributed by atoms with Crippen LogP contribution in [-0.4, -0.2) is 44.2 Å². The van der Waals surface area contributed by atoms with Crippen molar-refractivity contribution in [3.8, 4) is 0 Å². The van der Waals surface area contributed by atoms with E-state index in [-0.39, 0.29) is 17.7 Å². The zero-order valence-electron chi connectivity index (χ0n) is 11.1. The summed E-state index contributed by atoms with van der Waals surface area (Å²) in [4.78, 5) is 0. The zero-order valence-corrected chi connectivity index (χ0v) is 11.1. The molecule has 4 heteroatoms. The lowest BCUT2D eigenvalue weighted by Gasteiger charge is -2.42. The lowest BCUT2D eigenvalue weighted by Crippen LogP contribution is -2.51. The fraction of sp³-hybridized carbons (Fsp3) is 1.00. The molecule has 1 spiro atoms. The summed E-state index contributed by atoms with van der Waals surface area (Å²) in [6, 6.07) is 0.173. The molecule has 3 aliphatic heterocycles. The van der Waals surface area contributed by atoms with Crippen LogP contribution in [-0.2, 0) is 14.2 Å². The first-order valence-electron chi connectivity index (χ1n) is 7.38. The Morgan fingerprint density at radius 3 is 2.78 bits per heavy atom. The number of rotatable bonds is 2. The number of nitrogens with two attached hydrogens (primary N) is 1. The molecule has 104 valence electrons. The molecule has 3 rings (SSSR count). The predicted molar refractivity (Wildman–Crippen MR) is 68.4 cm³/mol. The van der Waals surface area contributed by atoms with Gasteiger partial charge in [0.15, 0.2) is 0 Å². The van der Waals surface area contributed by atoms with Gasteiger partial charge >= 0.3 is 0 Å². The summed E-state index contributed by atoms with van der Waals surface area (Å²) in [5.41, 5.74) is 6.42. The second kappa shape index (κ2) is 5.45. The van der Waals surface area contributed by atoms with Crippen LogP contribution in [0.4, 0.5) is 0 Å². The summed E-state index contributed by atoms with van der Waals surface area (Å²) in [7, 11) is 0. The second-order valence-corrected chi connectivity index (χ2v) is 6.07. The van der Waals surface area contributed by atoms with Gasteiger partial charge in [-0.15, -0.1) is 0 Å². The highest BCUT2D eigenvalue weighted by Gasteiger charge is 2.43. The summed E-state index contributed by atoms with van der Waals surface area (Å²) in [6.07, 6.45) is 6.99. The normalized spacial score (nSPS) is 43.2. The predicted octanol–water partition coefficient (Wildman–Crippen LogP) is 1.47. The van der Waals surface area contributed by atoms with E-state index in [0.717, 1.165) is 52.1 Å². The van der Waals surface area contributed by atoms with Crippen LogP contribution in [0.15, 0.2) is 0 Å². The van der Waals surface area contributed by atoms with Crippen molar-refractivity contribution < 1.29 is 14.2 Å². The van der Waals surface area contributed by atoms with E-state index in [1.54, 1.807) is 0 Å². The van der Waals surface area contributed by atoms with Crippen molar-refractivity contribution in [2.75, 3.05) is 26.4 Å². The summed E-state index contributed by atoms with van der Waals surface area (Å²) in [5.74, 6) is 0.531. The van der Waals surface area contributed by atoms with E-state index in [2.05, 4.69) is 0 Å². The van der Waals surface area contributed by atoms with E-state index < -0.39 is 0 Å². The molecule has 0 bridgehead atoms. The molecule has 4 nitrogen and oxygen atoms in total. The van der Waals surface area contributed by atoms with Crippen molar-refractivity contribution in [1.29, 1.82) is 0 Å². The molecule has 3 saturated heterocycles. The first-order valence-corrected chi connectivity index (χ1v) is 7.38. The van der Waals surface area contributed by atoms with E-state index in [1.165, 1.54) is 12.8 Å². The molecule has 0 aromatic carbocycles. The lowest BCUT2D eigenvalue weighted by atomic mass is 9.79. The SMILES string of the molecule is NC(C1CCOC2(CCOC2)C1)C1CCCCO1. The van der Waals surface area contributed by atoms with Gasteiger partial charge in [-0.3, -0.25) is 0 Å². The monoisotopic (exact) mass is 255 g/mol. The zero-order chi connectivity index (χ0) is 12.4. The van der Waals surface area contributed by atoms with Gasteiger partial charge in [-0.05, 0) is 38.0 Å². The third kappa shape index (κ3) is 2.57. The number of ether oxygens (including phenoxy) is 3. The molecular formula is C14H25NO3. The van der Waals surface area contributed by atoms with E-state index in [1.807, 2.05) is 0 Å². The van der Waals surface area contributed by atoms with Crippen LogP contribution in [0.5, 0.6) is 0 Å². The van der Waals surface area contributed by atoms with Crippen molar-refractivity contribution in [3.05, 3.63) is 0 Å². The maximum Gasteiger partial charge on any atom is 0.0939 e. The van der Waals surface area contributed by atoms with Crippen LogP contribution < -0.4 is 5.73 Å². The van der Waals surface area contributed by atoms with Gasteiger partial charge < -0.3 is 19.9 Å². The van der Waals surface area contributed by atoms with E-state index in [9.17, 15) is 0 Å². The Morgan fingerprint density at radius 2 is 2.06 bits per heavy atom. The first kappa shape index (κ1) is 12.9. The highest BCUT2D eigenvalue weighted by molar-refractivity contribution is 4.95. The van der Waals surface area contributed by atoms with Crippen LogP contribution in [0, 0.1) is 5.92 Å². The minimum atomic E-state index is -0.0325. The molecule has 18 heavy (non-hydrogen) atoms. The molecule has 0 amide bonds. The highest BCUT2D eigenvalue weighted by Crippen LogP contribution is 2.38. The smallest absolute Gasteiger partial charge is 0.0939 e. The van der Waals surface area contributed by atoms with Crippen LogP contribution in [0.1, 0.15) is 38.5 Å². The minimum Gasteiger partial charge on any atom is -0.378 e. The van der Waals surface area contributed by atoms with Gasteiger partial charge in [0.25, 0.3) is 0 Å². The van der Waals surface area contributed by atoms with Gasteiger partial charge in [0.1, 0.15) is 0 Å². The van der Waals surface area contributed by atoms with Crippen LogP contribution >= 0.6 is 0 Å². The topological polar surface area (TPSA) is 53.7 Å². The third-order valence-corrected chi connectivity index (χ3v) is 4.79. The number of hydrogen-bond acceptors (Lipinski definition) is 4. The molecule has 0 aromatic rings. The standard InChI is InChI=1S/C14H25NO3/c15-13(12-3-1-2-6-17-12)11-4-7-18-14(9-11)5-8-16-10-14/h11-13H,1-10,15H2. The minimum absolute atomic E-state index is 0.0325. The largest absolute Gasteiger partial charge is 0.378 e. The van der Waals surface area contributed by atoms with E-state index >= 15 is 0 Å². The molecule has 3 fully saturated rings. The third-order valence-electron chi connectivity index (χ3n) is 4.79. The number of hydrogen-bond donors (Lipinski definition) is 1. The maximum atomic E-state index is 6.45. The van der Waals surface area contributed by atoms with Crippen molar-refractivity contribution >= 4 is 0 Å². The molecule has 0 radical (unpaired) electrons. The Hall–Kier alpha value is -0.160. The van der Waals surface area contributed by atoms with Crippen LogP contribution in [0.3, 0.4) is 0 Å². The van der Waals surface area contributed by atoms with Crippen molar-refractivity contribution in [2.24, 2.45) is 11.7 Å². The van der Waals surface area contributed by atoms with Crippen molar-refractivity contribution in [2.45, 2.75) is 56.3 Å². The van der Waals surface area contributed by atoms with Gasteiger partial charge in [-0.1, -0.05) is 0 Å². The molecule has 0 aromatic heterocycles. The summed E-state index contributed by atoms with van der Waals surface area (Å²) >= 11 is 0. The molecule has 0 saturated carbocycles. The molecular weight excluding hydrogens is 230 g/mol. The lowest BCUT2D eigenvalue weighted by molar-refractivity contribution is -0.112. The fourth-order valence-corrected chi connectivity index (χ4v) is 3.63. The van der Waals surface area contributed by atoms with Crippen molar-refractivity contribution in [3.63, 3.8) is 0 Å². The van der Waals surface area contributed by atoms with Gasteiger partial charge in [-0.2, -0.15) is 0 Å². The average Bonchev–Trinajstić information content (AvgIpc) is 2.87. The Bertz CT molecular complexity index is 272. The average molecular weight is 255 g/mol. The van der Waals surface area contributed by atoms with Gasteiger partial charge in [0, 0.05) is 32.3 Å². The summed E-state index contributed by atoms with van der Waals surface area (Å²) in [5, 5.41) is 0. The maximum absolute atomic E-state index is 6.45. The molecule has 3 aliphatic rings. The van der Waals surface area contributed by atoms with E-state index in [0.29, 0.717) is 5.92 Å². The molecule has 2 N–H and O–H groups in total. The fourth-order valence-electron chi connectivity index (χ4n) is 3.63. The molecule has 0 aliphatic carbocycles. The van der Waals surface area contributed by atoms with Gasteiger partial charge in [0.2, 0.25) is 0 Å². The quantitative estimate of drug-likeness (QED) is 0.812. The highest BCUT2D eigenvalue weighted by atomic mass is 16.6. The Kier molecular flexibility index (Phi) is 3.89. The van der Waals surface area contributed by atoms with Gasteiger partial charge in [-0.25, -0.2) is 0 Å². The van der Waals surface area contributed by atoms with Crippen molar-refractivity contribution in [1.82, 2.24) is 0 Å². The Labute approximate surface area is 109 Å². The Balaban J connectivity index is 1.60. The van der Waals surface area contributed by atoms with Gasteiger partial charge in [0.05, 0.1) is 18.3 Å². The summed E-state index contributed by atoms with van der Waals surface area (Å²) in [6.45, 7) is 3.30. The molecule has 4 unspecified atom stereocenters. The summed E-state index contributed by atoms with van der Waals surface area (Å²) < 4.78 is 17.3. The van der Waals surface area contributed by atoms with E-state index in [4.69, 9.17) is 19.9 Å². The van der Waals surface area contributed by atoms with Crippen LogP contribution in [0.25, 0.3) is 0 Å². The van der Waals surface area contributed by atoms with Crippen LogP contribution in [0.2, 0.25) is 0 Å².